The van der Waals surface area contributed by atoms with Crippen molar-refractivity contribution in [1.82, 2.24) is 5.32 Å². The number of carbonyl (C=O) groups excluding carboxylic acids is 1. The second-order valence-electron chi connectivity index (χ2n) is 5.77. The van der Waals surface area contributed by atoms with Crippen LogP contribution in [-0.2, 0) is 11.2 Å². The van der Waals surface area contributed by atoms with Gasteiger partial charge in [0.15, 0.2) is 0 Å². The summed E-state index contributed by atoms with van der Waals surface area (Å²) in [6.45, 7) is 1.68. The lowest BCUT2D eigenvalue weighted by Gasteiger charge is -2.15. The van der Waals surface area contributed by atoms with E-state index in [1.807, 2.05) is 42.5 Å². The molecule has 1 N–H and O–H groups in total. The molecule has 0 fully saturated rings. The third-order valence-electron chi connectivity index (χ3n) is 4.04. The van der Waals surface area contributed by atoms with Crippen molar-refractivity contribution in [2.24, 2.45) is 0 Å². The third-order valence-corrected chi connectivity index (χ3v) is 4.04. The van der Waals surface area contributed by atoms with Crippen LogP contribution in [0, 0.1) is 11.6 Å². The van der Waals surface area contributed by atoms with Gasteiger partial charge in [0.1, 0.15) is 11.6 Å². The van der Waals surface area contributed by atoms with E-state index >= 15 is 0 Å². The Morgan fingerprint density at radius 3 is 2.58 bits per heavy atom. The van der Waals surface area contributed by atoms with Gasteiger partial charge in [-0.25, -0.2) is 8.78 Å². The fourth-order valence-electron chi connectivity index (χ4n) is 2.84. The largest absolute Gasteiger partial charge is 0.349 e. The van der Waals surface area contributed by atoms with Crippen LogP contribution in [0.5, 0.6) is 0 Å². The van der Waals surface area contributed by atoms with E-state index in [9.17, 15) is 13.6 Å². The summed E-state index contributed by atoms with van der Waals surface area (Å²) in [6, 6.07) is 16.5. The summed E-state index contributed by atoms with van der Waals surface area (Å²) in [4.78, 5) is 12.3. The van der Waals surface area contributed by atoms with Gasteiger partial charge in [0.2, 0.25) is 5.91 Å². The maximum atomic E-state index is 13.8. The van der Waals surface area contributed by atoms with Crippen molar-refractivity contribution >= 4 is 16.7 Å². The molecule has 24 heavy (non-hydrogen) atoms. The number of fused-ring (bicyclic) bond motifs is 1. The minimum Gasteiger partial charge on any atom is -0.349 e. The molecule has 1 amide bonds. The van der Waals surface area contributed by atoms with Gasteiger partial charge in [-0.05, 0) is 29.3 Å². The van der Waals surface area contributed by atoms with Gasteiger partial charge >= 0.3 is 0 Å². The highest BCUT2D eigenvalue weighted by Gasteiger charge is 2.15. The monoisotopic (exact) mass is 325 g/mol. The Labute approximate surface area is 139 Å². The molecule has 0 bridgehead atoms. The van der Waals surface area contributed by atoms with Crippen LogP contribution in [0.2, 0.25) is 0 Å². The van der Waals surface area contributed by atoms with Crippen LogP contribution in [-0.4, -0.2) is 5.91 Å². The molecule has 0 radical (unpaired) electrons. The van der Waals surface area contributed by atoms with E-state index in [0.717, 1.165) is 22.4 Å². The van der Waals surface area contributed by atoms with Gasteiger partial charge in [0, 0.05) is 11.6 Å². The summed E-state index contributed by atoms with van der Waals surface area (Å²) < 4.78 is 26.8. The van der Waals surface area contributed by atoms with Crippen LogP contribution in [0.1, 0.15) is 24.1 Å². The van der Waals surface area contributed by atoms with Crippen molar-refractivity contribution in [2.75, 3.05) is 0 Å². The van der Waals surface area contributed by atoms with Gasteiger partial charge in [-0.2, -0.15) is 0 Å². The number of rotatable bonds is 4. The van der Waals surface area contributed by atoms with Gasteiger partial charge in [-0.3, -0.25) is 4.79 Å². The number of halogens is 2. The lowest BCUT2D eigenvalue weighted by molar-refractivity contribution is -0.121. The zero-order chi connectivity index (χ0) is 17.1. The molecular formula is C20H17F2NO. The summed E-state index contributed by atoms with van der Waals surface area (Å²) >= 11 is 0. The lowest BCUT2D eigenvalue weighted by Crippen LogP contribution is -2.28. The van der Waals surface area contributed by atoms with Crippen molar-refractivity contribution in [1.29, 1.82) is 0 Å². The summed E-state index contributed by atoms with van der Waals surface area (Å²) in [6.07, 6.45) is 0.203. The van der Waals surface area contributed by atoms with Crippen molar-refractivity contribution in [3.05, 3.63) is 83.4 Å². The molecule has 4 heteroatoms. The first-order valence-electron chi connectivity index (χ1n) is 7.75. The quantitative estimate of drug-likeness (QED) is 0.750. The highest BCUT2D eigenvalue weighted by atomic mass is 19.1. The SMILES string of the molecule is C[C@@H](NC(=O)Cc1cccc2ccccc12)c1ccc(F)cc1F. The minimum absolute atomic E-state index is 0.203. The van der Waals surface area contributed by atoms with Crippen molar-refractivity contribution in [3.63, 3.8) is 0 Å². The Hall–Kier alpha value is -2.75. The Morgan fingerprint density at radius 2 is 1.79 bits per heavy atom. The number of hydrogen-bond donors (Lipinski definition) is 1. The van der Waals surface area contributed by atoms with Crippen LogP contribution in [0.4, 0.5) is 8.78 Å². The topological polar surface area (TPSA) is 29.1 Å². The predicted molar refractivity (Wildman–Crippen MR) is 90.6 cm³/mol. The van der Waals surface area contributed by atoms with Crippen LogP contribution in [0.25, 0.3) is 10.8 Å². The summed E-state index contributed by atoms with van der Waals surface area (Å²) in [5.74, 6) is -1.50. The molecule has 0 saturated carbocycles. The number of benzene rings is 3. The van der Waals surface area contributed by atoms with Crippen molar-refractivity contribution < 1.29 is 13.6 Å². The molecule has 0 unspecified atom stereocenters. The van der Waals surface area contributed by atoms with E-state index in [2.05, 4.69) is 5.32 Å². The zero-order valence-corrected chi connectivity index (χ0v) is 13.2. The van der Waals surface area contributed by atoms with E-state index in [-0.39, 0.29) is 17.9 Å². The number of nitrogens with one attached hydrogen (secondary N) is 1. The first kappa shape index (κ1) is 16.1. The first-order chi connectivity index (χ1) is 11.5. The van der Waals surface area contributed by atoms with E-state index in [4.69, 9.17) is 0 Å². The van der Waals surface area contributed by atoms with Gasteiger partial charge < -0.3 is 5.32 Å². The Kier molecular flexibility index (Phi) is 4.56. The van der Waals surface area contributed by atoms with Crippen molar-refractivity contribution in [3.8, 4) is 0 Å². The van der Waals surface area contributed by atoms with Gasteiger partial charge in [0.05, 0.1) is 12.5 Å². The average molecular weight is 325 g/mol. The summed E-state index contributed by atoms with van der Waals surface area (Å²) in [5.41, 5.74) is 1.18. The fourth-order valence-corrected chi connectivity index (χ4v) is 2.84. The molecule has 1 atom stereocenters. The maximum absolute atomic E-state index is 13.8. The van der Waals surface area contributed by atoms with Crippen LogP contribution in [0.3, 0.4) is 0 Å². The maximum Gasteiger partial charge on any atom is 0.224 e. The lowest BCUT2D eigenvalue weighted by atomic mass is 10.0. The van der Waals surface area contributed by atoms with Gasteiger partial charge in [-0.15, -0.1) is 0 Å². The fraction of sp³-hybridized carbons (Fsp3) is 0.150. The third kappa shape index (κ3) is 3.43. The predicted octanol–water partition coefficient (Wildman–Crippen LogP) is 4.54. The van der Waals surface area contributed by atoms with Gasteiger partial charge in [-0.1, -0.05) is 48.5 Å². The molecule has 122 valence electrons. The number of hydrogen-bond acceptors (Lipinski definition) is 1. The molecule has 0 spiro atoms. The summed E-state index contributed by atoms with van der Waals surface area (Å²) in [5, 5.41) is 4.86. The highest BCUT2D eigenvalue weighted by molar-refractivity contribution is 5.90. The highest BCUT2D eigenvalue weighted by Crippen LogP contribution is 2.20. The standard InChI is InChI=1S/C20H17F2NO/c1-13(17-10-9-16(21)12-19(17)22)23-20(24)11-15-7-4-6-14-5-2-3-8-18(14)15/h2-10,12-13H,11H2,1H3,(H,23,24)/t13-/m1/s1. The van der Waals surface area contributed by atoms with Crippen LogP contribution < -0.4 is 5.32 Å². The molecule has 0 aliphatic heterocycles. The normalized spacial score (nSPS) is 12.1. The summed E-state index contributed by atoms with van der Waals surface area (Å²) in [7, 11) is 0. The first-order valence-corrected chi connectivity index (χ1v) is 7.75. The molecule has 3 aromatic rings. The van der Waals surface area contributed by atoms with Crippen LogP contribution in [0.15, 0.2) is 60.7 Å². The average Bonchev–Trinajstić information content (AvgIpc) is 2.55. The van der Waals surface area contributed by atoms with E-state index < -0.39 is 17.7 Å². The molecule has 3 rings (SSSR count). The van der Waals surface area contributed by atoms with Gasteiger partial charge in [0.25, 0.3) is 0 Å². The number of carbonyl (C=O) groups is 1. The molecule has 0 aliphatic rings. The van der Waals surface area contributed by atoms with E-state index in [1.54, 1.807) is 6.92 Å². The Balaban J connectivity index is 1.75. The minimum atomic E-state index is -0.659. The second-order valence-corrected chi connectivity index (χ2v) is 5.77. The zero-order valence-electron chi connectivity index (χ0n) is 13.2. The molecule has 3 aromatic carbocycles. The Bertz CT molecular complexity index is 886. The number of amides is 1. The van der Waals surface area contributed by atoms with E-state index in [1.165, 1.54) is 12.1 Å². The second kappa shape index (κ2) is 6.79. The molecule has 2 nitrogen and oxygen atoms in total. The molecular weight excluding hydrogens is 308 g/mol. The van der Waals surface area contributed by atoms with Crippen molar-refractivity contribution in [2.45, 2.75) is 19.4 Å². The van der Waals surface area contributed by atoms with E-state index in [0.29, 0.717) is 0 Å². The van der Waals surface area contributed by atoms with Crippen LogP contribution >= 0.6 is 0 Å². The molecule has 0 aliphatic carbocycles. The molecule has 0 aromatic heterocycles. The molecule has 0 heterocycles. The Morgan fingerprint density at radius 1 is 1.04 bits per heavy atom. The smallest absolute Gasteiger partial charge is 0.224 e. The molecule has 0 saturated heterocycles.